The van der Waals surface area contributed by atoms with Gasteiger partial charge in [0.1, 0.15) is 12.4 Å². The Morgan fingerprint density at radius 2 is 1.64 bits per heavy atom. The molecule has 5 heteroatoms. The van der Waals surface area contributed by atoms with Gasteiger partial charge in [-0.1, -0.05) is 66.2 Å². The number of hydrazone groups is 1. The molecule has 0 bridgehead atoms. The average Bonchev–Trinajstić information content (AvgIpc) is 2.85. The molecule has 0 unspecified atom stereocenters. The first-order valence-electron chi connectivity index (χ1n) is 10.8. The summed E-state index contributed by atoms with van der Waals surface area (Å²) in [5.74, 6) is 1.85. The van der Waals surface area contributed by atoms with Crippen LogP contribution >= 0.6 is 11.8 Å². The molecule has 0 aliphatic carbocycles. The summed E-state index contributed by atoms with van der Waals surface area (Å²) in [4.78, 5) is 12.0. The van der Waals surface area contributed by atoms with Gasteiger partial charge in [-0.05, 0) is 64.7 Å². The van der Waals surface area contributed by atoms with Gasteiger partial charge in [0.2, 0.25) is 5.91 Å². The first-order valence-corrected chi connectivity index (χ1v) is 12.0. The van der Waals surface area contributed by atoms with E-state index in [2.05, 4.69) is 72.0 Å². The van der Waals surface area contributed by atoms with Gasteiger partial charge in [0, 0.05) is 5.75 Å². The fourth-order valence-corrected chi connectivity index (χ4v) is 4.08. The van der Waals surface area contributed by atoms with Gasteiger partial charge >= 0.3 is 0 Å². The number of amides is 1. The van der Waals surface area contributed by atoms with Crippen molar-refractivity contribution >= 4 is 34.7 Å². The summed E-state index contributed by atoms with van der Waals surface area (Å²) >= 11 is 1.57. The molecule has 0 saturated carbocycles. The molecule has 0 aliphatic heterocycles. The highest BCUT2D eigenvalue weighted by Gasteiger charge is 2.02. The molecule has 4 aromatic rings. The van der Waals surface area contributed by atoms with E-state index in [1.54, 1.807) is 18.0 Å². The van der Waals surface area contributed by atoms with E-state index in [4.69, 9.17) is 4.74 Å². The number of carbonyl (C=O) groups is 1. The van der Waals surface area contributed by atoms with E-state index in [9.17, 15) is 4.79 Å². The minimum Gasteiger partial charge on any atom is -0.489 e. The molecule has 4 nitrogen and oxygen atoms in total. The van der Waals surface area contributed by atoms with Crippen LogP contribution in [0.3, 0.4) is 0 Å². The molecule has 166 valence electrons. The van der Waals surface area contributed by atoms with Crippen LogP contribution in [0.15, 0.2) is 96.1 Å². The van der Waals surface area contributed by atoms with Crippen molar-refractivity contribution in [3.05, 3.63) is 113 Å². The van der Waals surface area contributed by atoms with Gasteiger partial charge < -0.3 is 4.74 Å². The maximum Gasteiger partial charge on any atom is 0.250 e. The van der Waals surface area contributed by atoms with E-state index < -0.39 is 0 Å². The summed E-state index contributed by atoms with van der Waals surface area (Å²) in [7, 11) is 0. The Bertz CT molecular complexity index is 1230. The molecule has 0 fully saturated rings. The van der Waals surface area contributed by atoms with Gasteiger partial charge in [0.05, 0.1) is 12.0 Å². The van der Waals surface area contributed by atoms with Crippen LogP contribution in [0, 0.1) is 6.92 Å². The topological polar surface area (TPSA) is 50.7 Å². The standard InChI is InChI=1S/C28H26N2O2S/c1-21-6-8-23(9-7-21)19-33-20-28(31)30-29-17-22-11-14-27(15-12-22)32-18-24-10-13-25-4-2-3-5-26(25)16-24/h2-17H,18-20H2,1H3,(H,30,31)/b29-17-. The van der Waals surface area contributed by atoms with Crippen molar-refractivity contribution in [3.63, 3.8) is 0 Å². The lowest BCUT2D eigenvalue weighted by molar-refractivity contribution is -0.118. The fraction of sp³-hybridized carbons (Fsp3) is 0.143. The number of hydrogen-bond donors (Lipinski definition) is 1. The Morgan fingerprint density at radius 3 is 2.42 bits per heavy atom. The third-order valence-electron chi connectivity index (χ3n) is 5.12. The second-order valence-corrected chi connectivity index (χ2v) is 8.80. The monoisotopic (exact) mass is 454 g/mol. The van der Waals surface area contributed by atoms with Crippen molar-refractivity contribution in [3.8, 4) is 5.75 Å². The number of ether oxygens (including phenoxy) is 1. The molecule has 0 saturated heterocycles. The van der Waals surface area contributed by atoms with E-state index in [0.717, 1.165) is 22.6 Å². The first-order chi connectivity index (χ1) is 16.2. The van der Waals surface area contributed by atoms with E-state index >= 15 is 0 Å². The molecule has 0 heterocycles. The van der Waals surface area contributed by atoms with Gasteiger partial charge in [0.15, 0.2) is 0 Å². The van der Waals surface area contributed by atoms with Gasteiger partial charge in [-0.3, -0.25) is 4.79 Å². The SMILES string of the molecule is Cc1ccc(CSCC(=O)N/N=C\c2ccc(OCc3ccc4ccccc4c3)cc2)cc1. The van der Waals surface area contributed by atoms with Crippen LogP contribution in [0.5, 0.6) is 5.75 Å². The summed E-state index contributed by atoms with van der Waals surface area (Å²) in [5.41, 5.74) is 7.05. The zero-order valence-corrected chi connectivity index (χ0v) is 19.3. The molecule has 4 aromatic carbocycles. The number of nitrogens with zero attached hydrogens (tertiary/aromatic N) is 1. The molecule has 33 heavy (non-hydrogen) atoms. The van der Waals surface area contributed by atoms with Gasteiger partial charge in [-0.2, -0.15) is 5.10 Å². The smallest absolute Gasteiger partial charge is 0.250 e. The highest BCUT2D eigenvalue weighted by atomic mass is 32.2. The molecule has 0 spiro atoms. The third-order valence-corrected chi connectivity index (χ3v) is 6.13. The van der Waals surface area contributed by atoms with Crippen LogP contribution in [0.2, 0.25) is 0 Å². The van der Waals surface area contributed by atoms with Crippen LogP contribution < -0.4 is 10.2 Å². The predicted molar refractivity (Wildman–Crippen MR) is 138 cm³/mol. The van der Waals surface area contributed by atoms with E-state index in [1.807, 2.05) is 36.4 Å². The molecule has 0 aromatic heterocycles. The van der Waals surface area contributed by atoms with Crippen molar-refractivity contribution in [1.29, 1.82) is 0 Å². The second kappa shape index (κ2) is 11.3. The Kier molecular flexibility index (Phi) is 7.77. The van der Waals surface area contributed by atoms with Crippen molar-refractivity contribution in [1.82, 2.24) is 5.43 Å². The van der Waals surface area contributed by atoms with Crippen molar-refractivity contribution < 1.29 is 9.53 Å². The second-order valence-electron chi connectivity index (χ2n) is 7.81. The van der Waals surface area contributed by atoms with E-state index in [1.165, 1.54) is 21.9 Å². The number of nitrogens with one attached hydrogen (secondary N) is 1. The lowest BCUT2D eigenvalue weighted by atomic mass is 10.1. The van der Waals surface area contributed by atoms with Gasteiger partial charge in [0.25, 0.3) is 0 Å². The van der Waals surface area contributed by atoms with Crippen LogP contribution in [-0.4, -0.2) is 17.9 Å². The van der Waals surface area contributed by atoms with Gasteiger partial charge in [-0.15, -0.1) is 11.8 Å². The molecule has 1 amide bonds. The van der Waals surface area contributed by atoms with Crippen molar-refractivity contribution in [2.75, 3.05) is 5.75 Å². The summed E-state index contributed by atoms with van der Waals surface area (Å²) in [6.45, 7) is 2.57. The Balaban J connectivity index is 1.19. The number of rotatable bonds is 9. The number of hydrogen-bond acceptors (Lipinski definition) is 4. The van der Waals surface area contributed by atoms with Crippen molar-refractivity contribution in [2.24, 2.45) is 5.10 Å². The number of fused-ring (bicyclic) bond motifs is 1. The lowest BCUT2D eigenvalue weighted by Crippen LogP contribution is -2.19. The minimum atomic E-state index is -0.112. The molecular weight excluding hydrogens is 428 g/mol. The quantitative estimate of drug-likeness (QED) is 0.245. The van der Waals surface area contributed by atoms with Gasteiger partial charge in [-0.25, -0.2) is 5.43 Å². The van der Waals surface area contributed by atoms with Crippen molar-refractivity contribution in [2.45, 2.75) is 19.3 Å². The van der Waals surface area contributed by atoms with E-state index in [0.29, 0.717) is 12.4 Å². The number of thioether (sulfide) groups is 1. The number of carbonyl (C=O) groups excluding carboxylic acids is 1. The zero-order chi connectivity index (χ0) is 22.9. The lowest BCUT2D eigenvalue weighted by Gasteiger charge is -2.07. The first kappa shape index (κ1) is 22.6. The third kappa shape index (κ3) is 6.96. The van der Waals surface area contributed by atoms with E-state index in [-0.39, 0.29) is 5.91 Å². The fourth-order valence-electron chi connectivity index (χ4n) is 3.30. The summed E-state index contributed by atoms with van der Waals surface area (Å²) in [5, 5.41) is 6.49. The Hall–Kier alpha value is -3.57. The van der Waals surface area contributed by atoms with Crippen LogP contribution in [-0.2, 0) is 17.2 Å². The Labute approximate surface area is 198 Å². The number of benzene rings is 4. The summed E-state index contributed by atoms with van der Waals surface area (Å²) in [6, 6.07) is 30.6. The molecule has 4 rings (SSSR count). The highest BCUT2D eigenvalue weighted by molar-refractivity contribution is 7.99. The summed E-state index contributed by atoms with van der Waals surface area (Å²) in [6.07, 6.45) is 1.63. The number of aryl methyl sites for hydroxylation is 1. The predicted octanol–water partition coefficient (Wildman–Crippen LogP) is 6.11. The highest BCUT2D eigenvalue weighted by Crippen LogP contribution is 2.18. The Morgan fingerprint density at radius 1 is 0.909 bits per heavy atom. The normalized spacial score (nSPS) is 11.1. The molecule has 0 radical (unpaired) electrons. The average molecular weight is 455 g/mol. The molecular formula is C28H26N2O2S. The zero-order valence-electron chi connectivity index (χ0n) is 18.5. The molecule has 0 atom stereocenters. The summed E-state index contributed by atoms with van der Waals surface area (Å²) < 4.78 is 5.91. The molecule has 0 aliphatic rings. The maximum absolute atomic E-state index is 12.0. The maximum atomic E-state index is 12.0. The van der Waals surface area contributed by atoms with Crippen LogP contribution in [0.1, 0.15) is 22.3 Å². The van der Waals surface area contributed by atoms with Crippen LogP contribution in [0.25, 0.3) is 10.8 Å². The largest absolute Gasteiger partial charge is 0.489 e. The minimum absolute atomic E-state index is 0.112. The molecule has 1 N–H and O–H groups in total. The van der Waals surface area contributed by atoms with Crippen LogP contribution in [0.4, 0.5) is 0 Å².